The summed E-state index contributed by atoms with van der Waals surface area (Å²) in [5.74, 6) is -1.79. The molecule has 0 amide bonds. The van der Waals surface area contributed by atoms with Crippen LogP contribution in [0.1, 0.15) is 48.0 Å². The molecule has 25 heavy (non-hydrogen) atoms. The van der Waals surface area contributed by atoms with Crippen LogP contribution in [0, 0.1) is 0 Å². The SMILES string of the molecule is O=C(O)CC(O)c1ccccc1-c1ccc2c(c1)CCC2CC(=O)O. The van der Waals surface area contributed by atoms with Crippen LogP contribution in [-0.4, -0.2) is 27.3 Å². The molecule has 0 aromatic heterocycles. The van der Waals surface area contributed by atoms with Crippen molar-refractivity contribution in [2.75, 3.05) is 0 Å². The van der Waals surface area contributed by atoms with Gasteiger partial charge in [0.25, 0.3) is 0 Å². The van der Waals surface area contributed by atoms with Gasteiger partial charge in [0.15, 0.2) is 0 Å². The van der Waals surface area contributed by atoms with E-state index in [9.17, 15) is 14.7 Å². The summed E-state index contributed by atoms with van der Waals surface area (Å²) >= 11 is 0. The van der Waals surface area contributed by atoms with Crippen molar-refractivity contribution in [3.8, 4) is 11.1 Å². The molecule has 0 bridgehead atoms. The third-order valence-corrected chi connectivity index (χ3v) is 4.76. The highest BCUT2D eigenvalue weighted by molar-refractivity contribution is 5.73. The number of benzene rings is 2. The lowest BCUT2D eigenvalue weighted by molar-refractivity contribution is -0.139. The molecule has 0 fully saturated rings. The third-order valence-electron chi connectivity index (χ3n) is 4.76. The molecule has 0 spiro atoms. The number of aliphatic hydroxyl groups is 1. The molecule has 2 aromatic carbocycles. The van der Waals surface area contributed by atoms with Crippen LogP contribution in [0.2, 0.25) is 0 Å². The maximum atomic E-state index is 11.0. The van der Waals surface area contributed by atoms with Crippen molar-refractivity contribution in [1.82, 2.24) is 0 Å². The second kappa shape index (κ2) is 7.07. The van der Waals surface area contributed by atoms with Crippen LogP contribution in [0.15, 0.2) is 42.5 Å². The minimum absolute atomic E-state index is 0.0504. The maximum Gasteiger partial charge on any atom is 0.306 e. The summed E-state index contributed by atoms with van der Waals surface area (Å²) in [4.78, 5) is 21.9. The van der Waals surface area contributed by atoms with Crippen LogP contribution in [-0.2, 0) is 16.0 Å². The van der Waals surface area contributed by atoms with E-state index >= 15 is 0 Å². The summed E-state index contributed by atoms with van der Waals surface area (Å²) in [7, 11) is 0. The first-order valence-corrected chi connectivity index (χ1v) is 8.29. The molecular weight excluding hydrogens is 320 g/mol. The second-order valence-electron chi connectivity index (χ2n) is 6.45. The van der Waals surface area contributed by atoms with Crippen molar-refractivity contribution in [1.29, 1.82) is 0 Å². The van der Waals surface area contributed by atoms with Gasteiger partial charge in [0.2, 0.25) is 0 Å². The Morgan fingerprint density at radius 2 is 1.84 bits per heavy atom. The van der Waals surface area contributed by atoms with Crippen LogP contribution < -0.4 is 0 Å². The zero-order valence-corrected chi connectivity index (χ0v) is 13.7. The van der Waals surface area contributed by atoms with Crippen LogP contribution in [0.4, 0.5) is 0 Å². The predicted octanol–water partition coefficient (Wildman–Crippen LogP) is 3.37. The van der Waals surface area contributed by atoms with Crippen molar-refractivity contribution in [3.63, 3.8) is 0 Å². The Kier molecular flexibility index (Phi) is 4.86. The third kappa shape index (κ3) is 3.72. The predicted molar refractivity (Wildman–Crippen MR) is 92.4 cm³/mol. The van der Waals surface area contributed by atoms with Crippen LogP contribution in [0.5, 0.6) is 0 Å². The fourth-order valence-corrected chi connectivity index (χ4v) is 3.62. The van der Waals surface area contributed by atoms with Gasteiger partial charge < -0.3 is 15.3 Å². The number of rotatable bonds is 6. The van der Waals surface area contributed by atoms with Gasteiger partial charge in [-0.05, 0) is 46.6 Å². The zero-order chi connectivity index (χ0) is 18.0. The van der Waals surface area contributed by atoms with Gasteiger partial charge in [0.05, 0.1) is 18.9 Å². The van der Waals surface area contributed by atoms with E-state index in [-0.39, 0.29) is 18.8 Å². The van der Waals surface area contributed by atoms with Gasteiger partial charge in [0, 0.05) is 0 Å². The Morgan fingerprint density at radius 3 is 2.56 bits per heavy atom. The standard InChI is InChI=1S/C20H20O5/c21-18(11-20(24)25)17-4-2-1-3-16(17)13-7-8-15-12(9-13)5-6-14(15)10-19(22)23/h1-4,7-9,14,18,21H,5-6,10-11H2,(H,22,23)(H,24,25). The second-order valence-corrected chi connectivity index (χ2v) is 6.45. The maximum absolute atomic E-state index is 11.0. The monoisotopic (exact) mass is 340 g/mol. The summed E-state index contributed by atoms with van der Waals surface area (Å²) in [6.45, 7) is 0. The molecule has 2 aromatic rings. The lowest BCUT2D eigenvalue weighted by Crippen LogP contribution is -2.06. The number of hydrogen-bond donors (Lipinski definition) is 3. The molecule has 3 rings (SSSR count). The topological polar surface area (TPSA) is 94.8 Å². The quantitative estimate of drug-likeness (QED) is 0.749. The minimum Gasteiger partial charge on any atom is -0.481 e. The Morgan fingerprint density at radius 1 is 1.08 bits per heavy atom. The Bertz CT molecular complexity index is 811. The number of fused-ring (bicyclic) bond motifs is 1. The number of carboxylic acid groups (broad SMARTS) is 2. The molecule has 0 aliphatic heterocycles. The molecular formula is C20H20O5. The van der Waals surface area contributed by atoms with Gasteiger partial charge >= 0.3 is 11.9 Å². The molecule has 0 saturated carbocycles. The molecule has 130 valence electrons. The van der Waals surface area contributed by atoms with E-state index in [2.05, 4.69) is 0 Å². The number of aryl methyl sites for hydroxylation is 1. The van der Waals surface area contributed by atoms with E-state index in [4.69, 9.17) is 10.2 Å². The highest BCUT2D eigenvalue weighted by Gasteiger charge is 2.25. The van der Waals surface area contributed by atoms with E-state index in [1.165, 1.54) is 0 Å². The average molecular weight is 340 g/mol. The number of carboxylic acids is 2. The van der Waals surface area contributed by atoms with E-state index in [1.807, 2.05) is 30.3 Å². The van der Waals surface area contributed by atoms with Crippen molar-refractivity contribution in [3.05, 3.63) is 59.2 Å². The zero-order valence-electron chi connectivity index (χ0n) is 13.7. The first-order valence-electron chi connectivity index (χ1n) is 8.29. The van der Waals surface area contributed by atoms with Crippen molar-refractivity contribution < 1.29 is 24.9 Å². The minimum atomic E-state index is -1.07. The van der Waals surface area contributed by atoms with E-state index in [0.29, 0.717) is 5.56 Å². The molecule has 5 heteroatoms. The molecule has 5 nitrogen and oxygen atoms in total. The number of aliphatic carboxylic acids is 2. The van der Waals surface area contributed by atoms with Crippen molar-refractivity contribution >= 4 is 11.9 Å². The van der Waals surface area contributed by atoms with Gasteiger partial charge in [-0.15, -0.1) is 0 Å². The highest BCUT2D eigenvalue weighted by atomic mass is 16.4. The van der Waals surface area contributed by atoms with E-state index in [0.717, 1.165) is 35.1 Å². The van der Waals surface area contributed by atoms with Crippen LogP contribution >= 0.6 is 0 Å². The van der Waals surface area contributed by atoms with Crippen LogP contribution in [0.3, 0.4) is 0 Å². The average Bonchev–Trinajstić information content (AvgIpc) is 2.96. The molecule has 1 aliphatic rings. The molecule has 3 N–H and O–H groups in total. The number of carbonyl (C=O) groups is 2. The fraction of sp³-hybridized carbons (Fsp3) is 0.300. The largest absolute Gasteiger partial charge is 0.481 e. The summed E-state index contributed by atoms with van der Waals surface area (Å²) in [5, 5.41) is 28.2. The molecule has 2 atom stereocenters. The summed E-state index contributed by atoms with van der Waals surface area (Å²) in [5.41, 5.74) is 4.52. The number of aliphatic hydroxyl groups excluding tert-OH is 1. The Hall–Kier alpha value is -2.66. The van der Waals surface area contributed by atoms with Gasteiger partial charge in [0.1, 0.15) is 0 Å². The Labute approximate surface area is 145 Å². The first-order chi connectivity index (χ1) is 12.0. The number of hydrogen-bond acceptors (Lipinski definition) is 3. The van der Waals surface area contributed by atoms with Gasteiger partial charge in [-0.25, -0.2) is 0 Å². The van der Waals surface area contributed by atoms with Crippen molar-refractivity contribution in [2.24, 2.45) is 0 Å². The fourth-order valence-electron chi connectivity index (χ4n) is 3.62. The molecule has 2 unspecified atom stereocenters. The molecule has 0 saturated heterocycles. The van der Waals surface area contributed by atoms with Gasteiger partial charge in [-0.3, -0.25) is 9.59 Å². The summed E-state index contributed by atoms with van der Waals surface area (Å²) < 4.78 is 0. The normalized spacial score (nSPS) is 17.1. The summed E-state index contributed by atoms with van der Waals surface area (Å²) in [6.07, 6.45) is 0.389. The molecule has 0 radical (unpaired) electrons. The highest BCUT2D eigenvalue weighted by Crippen LogP contribution is 2.39. The van der Waals surface area contributed by atoms with Gasteiger partial charge in [-0.2, -0.15) is 0 Å². The van der Waals surface area contributed by atoms with Crippen molar-refractivity contribution in [2.45, 2.75) is 37.7 Å². The Balaban J connectivity index is 1.94. The lowest BCUT2D eigenvalue weighted by atomic mass is 9.91. The molecule has 1 aliphatic carbocycles. The smallest absolute Gasteiger partial charge is 0.306 e. The summed E-state index contributed by atoms with van der Waals surface area (Å²) in [6, 6.07) is 13.2. The van der Waals surface area contributed by atoms with E-state index < -0.39 is 18.0 Å². The van der Waals surface area contributed by atoms with Gasteiger partial charge in [-0.1, -0.05) is 42.5 Å². The van der Waals surface area contributed by atoms with E-state index in [1.54, 1.807) is 12.1 Å². The lowest BCUT2D eigenvalue weighted by Gasteiger charge is -2.15. The molecule has 0 heterocycles. The van der Waals surface area contributed by atoms with Crippen LogP contribution in [0.25, 0.3) is 11.1 Å². The first kappa shape index (κ1) is 17.2.